The Balaban J connectivity index is 1.86. The molecule has 1 atom stereocenters. The maximum atomic E-state index is 12.8. The molecule has 0 radical (unpaired) electrons. The van der Waals surface area contributed by atoms with Gasteiger partial charge in [-0.25, -0.2) is 0 Å². The number of hydrogen-bond donors (Lipinski definition) is 0. The van der Waals surface area contributed by atoms with E-state index in [9.17, 15) is 18.0 Å². The molecule has 1 heterocycles. The second-order valence-electron chi connectivity index (χ2n) is 5.66. The first-order chi connectivity index (χ1) is 11.4. The van der Waals surface area contributed by atoms with Crippen LogP contribution in [-0.4, -0.2) is 23.1 Å². The highest BCUT2D eigenvalue weighted by molar-refractivity contribution is 7.99. The summed E-state index contributed by atoms with van der Waals surface area (Å²) in [4.78, 5) is 14.5. The second-order valence-corrected chi connectivity index (χ2v) is 6.84. The van der Waals surface area contributed by atoms with E-state index in [0.717, 1.165) is 23.4 Å². The lowest BCUT2D eigenvalue weighted by Gasteiger charge is -2.25. The molecule has 3 rings (SSSR count). The van der Waals surface area contributed by atoms with Crippen molar-refractivity contribution in [3.05, 3.63) is 70.8 Å². The number of carbonyl (C=O) groups excluding carboxylic acids is 1. The van der Waals surface area contributed by atoms with Crippen LogP contribution in [0.2, 0.25) is 0 Å². The van der Waals surface area contributed by atoms with Gasteiger partial charge in [-0.2, -0.15) is 13.2 Å². The zero-order valence-corrected chi connectivity index (χ0v) is 13.8. The van der Waals surface area contributed by atoms with Gasteiger partial charge in [-0.05, 0) is 36.2 Å². The fourth-order valence-corrected chi connectivity index (χ4v) is 4.01. The highest BCUT2D eigenvalue weighted by Crippen LogP contribution is 2.40. The number of nitrogens with zero attached hydrogens (tertiary/aromatic N) is 1. The molecule has 1 unspecified atom stereocenters. The molecule has 1 aliphatic heterocycles. The Morgan fingerprint density at radius 1 is 1.12 bits per heavy atom. The molecule has 6 heteroatoms. The van der Waals surface area contributed by atoms with E-state index < -0.39 is 11.7 Å². The molecule has 0 spiro atoms. The number of thioether (sulfide) groups is 1. The van der Waals surface area contributed by atoms with E-state index in [1.165, 1.54) is 12.1 Å². The van der Waals surface area contributed by atoms with Crippen LogP contribution in [0.4, 0.5) is 13.2 Å². The predicted molar refractivity (Wildman–Crippen MR) is 88.9 cm³/mol. The van der Waals surface area contributed by atoms with Gasteiger partial charge in [0.05, 0.1) is 5.56 Å². The summed E-state index contributed by atoms with van der Waals surface area (Å²) in [5.74, 6) is 0.687. The maximum Gasteiger partial charge on any atom is 0.416 e. The first kappa shape index (κ1) is 16.9. The van der Waals surface area contributed by atoms with Crippen molar-refractivity contribution in [1.29, 1.82) is 0 Å². The van der Waals surface area contributed by atoms with Crippen molar-refractivity contribution in [3.8, 4) is 0 Å². The summed E-state index contributed by atoms with van der Waals surface area (Å²) in [5.41, 5.74) is 1.57. The van der Waals surface area contributed by atoms with E-state index in [0.29, 0.717) is 17.7 Å². The molecule has 24 heavy (non-hydrogen) atoms. The first-order valence-corrected chi connectivity index (χ1v) is 8.58. The van der Waals surface area contributed by atoms with Gasteiger partial charge in [0.2, 0.25) is 0 Å². The smallest absolute Gasteiger partial charge is 0.322 e. The predicted octanol–water partition coefficient (Wildman–Crippen LogP) is 4.90. The molecule has 2 aromatic carbocycles. The lowest BCUT2D eigenvalue weighted by molar-refractivity contribution is -0.137. The van der Waals surface area contributed by atoms with Crippen LogP contribution >= 0.6 is 11.8 Å². The van der Waals surface area contributed by atoms with Crippen LogP contribution in [0.5, 0.6) is 0 Å². The van der Waals surface area contributed by atoms with E-state index >= 15 is 0 Å². The van der Waals surface area contributed by atoms with Crippen molar-refractivity contribution in [2.24, 2.45) is 0 Å². The van der Waals surface area contributed by atoms with Crippen molar-refractivity contribution in [1.82, 2.24) is 4.90 Å². The highest BCUT2D eigenvalue weighted by Gasteiger charge is 2.33. The van der Waals surface area contributed by atoms with E-state index in [-0.39, 0.29) is 11.3 Å². The third kappa shape index (κ3) is 3.29. The summed E-state index contributed by atoms with van der Waals surface area (Å²) in [7, 11) is 0. The Morgan fingerprint density at radius 3 is 2.42 bits per heavy atom. The minimum absolute atomic E-state index is 0.0806. The fraction of sp³-hybridized carbons (Fsp3) is 0.278. The quantitative estimate of drug-likeness (QED) is 0.767. The molecule has 0 saturated carbocycles. The molecular weight excluding hydrogens is 335 g/mol. The molecule has 2 aromatic rings. The van der Waals surface area contributed by atoms with Gasteiger partial charge in [0.15, 0.2) is 0 Å². The van der Waals surface area contributed by atoms with Gasteiger partial charge in [-0.3, -0.25) is 4.79 Å². The molecule has 0 aliphatic carbocycles. The molecule has 1 saturated heterocycles. The van der Waals surface area contributed by atoms with Crippen LogP contribution in [0.1, 0.15) is 32.4 Å². The van der Waals surface area contributed by atoms with Crippen molar-refractivity contribution in [3.63, 3.8) is 0 Å². The van der Waals surface area contributed by atoms with Crippen LogP contribution in [0.15, 0.2) is 48.5 Å². The van der Waals surface area contributed by atoms with Gasteiger partial charge in [0.1, 0.15) is 5.37 Å². The second kappa shape index (κ2) is 6.51. The van der Waals surface area contributed by atoms with Crippen molar-refractivity contribution >= 4 is 17.7 Å². The highest BCUT2D eigenvalue weighted by atomic mass is 32.2. The Labute approximate surface area is 142 Å². The average molecular weight is 351 g/mol. The first-order valence-electron chi connectivity index (χ1n) is 7.53. The number of alkyl halides is 3. The average Bonchev–Trinajstić information content (AvgIpc) is 3.03. The zero-order valence-electron chi connectivity index (χ0n) is 13.0. The van der Waals surface area contributed by atoms with Crippen molar-refractivity contribution in [2.45, 2.75) is 18.5 Å². The summed E-state index contributed by atoms with van der Waals surface area (Å²) in [6, 6.07) is 12.4. The van der Waals surface area contributed by atoms with E-state index in [2.05, 4.69) is 0 Å². The molecular formula is C18H16F3NOS. The Bertz CT molecular complexity index is 743. The van der Waals surface area contributed by atoms with E-state index in [1.807, 2.05) is 25.1 Å². The van der Waals surface area contributed by atoms with Gasteiger partial charge in [-0.1, -0.05) is 30.3 Å². The topological polar surface area (TPSA) is 20.3 Å². The molecule has 0 aromatic heterocycles. The van der Waals surface area contributed by atoms with Crippen molar-refractivity contribution < 1.29 is 18.0 Å². The number of benzene rings is 2. The molecule has 0 bridgehead atoms. The number of hydrogen-bond acceptors (Lipinski definition) is 2. The van der Waals surface area contributed by atoms with Gasteiger partial charge in [0, 0.05) is 17.9 Å². The summed E-state index contributed by atoms with van der Waals surface area (Å²) in [6.07, 6.45) is -4.35. The molecule has 0 N–H and O–H groups in total. The van der Waals surface area contributed by atoms with Gasteiger partial charge < -0.3 is 4.90 Å². The summed E-state index contributed by atoms with van der Waals surface area (Å²) in [5, 5.41) is -0.251. The minimum Gasteiger partial charge on any atom is -0.322 e. The summed E-state index contributed by atoms with van der Waals surface area (Å²) in [6.45, 7) is 2.47. The molecule has 2 nitrogen and oxygen atoms in total. The normalized spacial score (nSPS) is 18.0. The number of aryl methyl sites for hydroxylation is 1. The Hall–Kier alpha value is -1.95. The van der Waals surface area contributed by atoms with Crippen molar-refractivity contribution in [2.75, 3.05) is 12.3 Å². The lowest BCUT2D eigenvalue weighted by Crippen LogP contribution is -2.30. The van der Waals surface area contributed by atoms with Gasteiger partial charge in [-0.15, -0.1) is 11.8 Å². The van der Waals surface area contributed by atoms with Crippen LogP contribution in [0, 0.1) is 6.92 Å². The van der Waals surface area contributed by atoms with Crippen LogP contribution in [-0.2, 0) is 6.18 Å². The number of carbonyl (C=O) groups is 1. The SMILES string of the molecule is Cc1ccccc1C(=O)N1CCSC1c1ccc(C(F)(F)F)cc1. The minimum atomic E-state index is -4.35. The zero-order chi connectivity index (χ0) is 17.3. The Morgan fingerprint density at radius 2 is 1.79 bits per heavy atom. The molecule has 1 aliphatic rings. The monoisotopic (exact) mass is 351 g/mol. The fourth-order valence-electron chi connectivity index (χ4n) is 2.76. The maximum absolute atomic E-state index is 12.8. The van der Waals surface area contributed by atoms with Crippen LogP contribution in [0.3, 0.4) is 0 Å². The van der Waals surface area contributed by atoms with Gasteiger partial charge >= 0.3 is 6.18 Å². The third-order valence-corrected chi connectivity index (χ3v) is 5.31. The molecule has 1 fully saturated rings. The van der Waals surface area contributed by atoms with E-state index in [4.69, 9.17) is 0 Å². The van der Waals surface area contributed by atoms with E-state index in [1.54, 1.807) is 22.7 Å². The van der Waals surface area contributed by atoms with Gasteiger partial charge in [0.25, 0.3) is 5.91 Å². The third-order valence-electron chi connectivity index (χ3n) is 4.05. The standard InChI is InChI=1S/C18H16F3NOS/c1-12-4-2-3-5-15(12)16(23)22-10-11-24-17(22)13-6-8-14(9-7-13)18(19,20)21/h2-9,17H,10-11H2,1H3. The number of rotatable bonds is 2. The number of amides is 1. The lowest BCUT2D eigenvalue weighted by atomic mass is 10.1. The molecule has 126 valence electrons. The summed E-state index contributed by atoms with van der Waals surface area (Å²) >= 11 is 1.57. The largest absolute Gasteiger partial charge is 0.416 e. The summed E-state index contributed by atoms with van der Waals surface area (Å²) < 4.78 is 38.1. The Kier molecular flexibility index (Phi) is 4.58. The van der Waals surface area contributed by atoms with Crippen LogP contribution in [0.25, 0.3) is 0 Å². The number of halogens is 3. The molecule has 1 amide bonds. The van der Waals surface area contributed by atoms with Crippen LogP contribution < -0.4 is 0 Å².